The van der Waals surface area contributed by atoms with Gasteiger partial charge in [-0.15, -0.1) is 0 Å². The summed E-state index contributed by atoms with van der Waals surface area (Å²) in [5, 5.41) is 14.5. The Morgan fingerprint density at radius 1 is 1.18 bits per heavy atom. The molecule has 2 aliphatic rings. The smallest absolute Gasteiger partial charge is 0.475 e. The number of hydrogen-bond acceptors (Lipinski definition) is 5. The summed E-state index contributed by atoms with van der Waals surface area (Å²) in [7, 11) is 0. The lowest BCUT2D eigenvalue weighted by atomic mass is 9.94. The number of halogens is 3. The maximum Gasteiger partial charge on any atom is 0.490 e. The maximum atomic E-state index is 12.8. The molecular formula is C22H22F3N5O3. The molecule has 3 heterocycles. The molecule has 1 unspecified atom stereocenters. The van der Waals surface area contributed by atoms with Crippen LogP contribution in [0, 0.1) is 0 Å². The van der Waals surface area contributed by atoms with Crippen LogP contribution in [0.15, 0.2) is 42.9 Å². The molecule has 33 heavy (non-hydrogen) atoms. The number of rotatable bonds is 4. The second-order valence-electron chi connectivity index (χ2n) is 7.88. The molecule has 174 valence electrons. The van der Waals surface area contributed by atoms with Crippen LogP contribution in [0.4, 0.5) is 13.2 Å². The van der Waals surface area contributed by atoms with Crippen molar-refractivity contribution in [2.24, 2.45) is 0 Å². The molecule has 0 saturated heterocycles. The molecule has 0 bridgehead atoms. The lowest BCUT2D eigenvalue weighted by molar-refractivity contribution is -0.192. The van der Waals surface area contributed by atoms with Crippen molar-refractivity contribution in [1.82, 2.24) is 25.2 Å². The number of benzene rings is 1. The molecule has 1 aliphatic heterocycles. The highest BCUT2D eigenvalue weighted by atomic mass is 19.4. The highest BCUT2D eigenvalue weighted by molar-refractivity contribution is 6.03. The van der Waals surface area contributed by atoms with Crippen LogP contribution in [-0.4, -0.2) is 50.8 Å². The molecule has 1 aliphatic carbocycles. The Morgan fingerprint density at radius 2 is 1.91 bits per heavy atom. The van der Waals surface area contributed by atoms with Crippen molar-refractivity contribution in [2.45, 2.75) is 37.5 Å². The SMILES string of the molecule is O=C(NCC1NCCc2ccccc21)c1ncnc2c1ccn2C1CC1.O=C(O)C(F)(F)F. The second kappa shape index (κ2) is 9.18. The Hall–Kier alpha value is -3.47. The number of carbonyl (C=O) groups excluding carboxylic acids is 1. The van der Waals surface area contributed by atoms with Gasteiger partial charge < -0.3 is 20.3 Å². The third-order valence-corrected chi connectivity index (χ3v) is 5.59. The van der Waals surface area contributed by atoms with Gasteiger partial charge in [0.15, 0.2) is 0 Å². The number of fused-ring (bicyclic) bond motifs is 2. The summed E-state index contributed by atoms with van der Waals surface area (Å²) in [5.74, 6) is -2.90. The molecule has 3 N–H and O–H groups in total. The van der Waals surface area contributed by atoms with Crippen LogP contribution in [0.3, 0.4) is 0 Å². The minimum absolute atomic E-state index is 0.136. The molecule has 3 aromatic rings. The van der Waals surface area contributed by atoms with Gasteiger partial charge in [0, 0.05) is 24.8 Å². The molecular weight excluding hydrogens is 439 g/mol. The van der Waals surface area contributed by atoms with Crippen molar-refractivity contribution in [3.63, 3.8) is 0 Å². The van der Waals surface area contributed by atoms with E-state index in [0.717, 1.165) is 24.0 Å². The summed E-state index contributed by atoms with van der Waals surface area (Å²) in [6.07, 6.45) is 1.82. The molecule has 1 amide bonds. The first kappa shape index (κ1) is 22.7. The van der Waals surface area contributed by atoms with E-state index in [2.05, 4.69) is 49.4 Å². The van der Waals surface area contributed by atoms with E-state index in [1.807, 2.05) is 12.3 Å². The molecule has 8 nitrogen and oxygen atoms in total. The van der Waals surface area contributed by atoms with E-state index in [9.17, 15) is 18.0 Å². The van der Waals surface area contributed by atoms with E-state index in [-0.39, 0.29) is 11.9 Å². The molecule has 5 rings (SSSR count). The third-order valence-electron chi connectivity index (χ3n) is 5.59. The first-order valence-corrected chi connectivity index (χ1v) is 10.5. The van der Waals surface area contributed by atoms with E-state index < -0.39 is 12.1 Å². The van der Waals surface area contributed by atoms with Crippen molar-refractivity contribution in [3.05, 3.63) is 59.7 Å². The summed E-state index contributed by atoms with van der Waals surface area (Å²) in [5.41, 5.74) is 3.94. The Kier molecular flexibility index (Phi) is 6.32. The summed E-state index contributed by atoms with van der Waals surface area (Å²) < 4.78 is 33.9. The fraction of sp³-hybridized carbons (Fsp3) is 0.364. The Labute approximate surface area is 186 Å². The van der Waals surface area contributed by atoms with Crippen LogP contribution in [-0.2, 0) is 11.2 Å². The quantitative estimate of drug-likeness (QED) is 0.551. The number of nitrogens with one attached hydrogen (secondary N) is 2. The molecule has 1 fully saturated rings. The van der Waals surface area contributed by atoms with Gasteiger partial charge in [0.25, 0.3) is 5.91 Å². The molecule has 2 aromatic heterocycles. The standard InChI is InChI=1S/C20H21N5O.C2HF3O2/c26-20(22-11-17-15-4-2-1-3-13(15)7-9-21-17)18-16-8-10-25(14-5-6-14)19(16)24-12-23-18;3-2(4,5)1(6)7/h1-4,8,10,12,14,17,21H,5-7,9,11H2,(H,22,26);(H,6,7). The Bertz CT molecular complexity index is 1170. The van der Waals surface area contributed by atoms with E-state index in [1.54, 1.807) is 0 Å². The van der Waals surface area contributed by atoms with Crippen molar-refractivity contribution in [2.75, 3.05) is 13.1 Å². The zero-order valence-electron chi connectivity index (χ0n) is 17.5. The summed E-state index contributed by atoms with van der Waals surface area (Å²) >= 11 is 0. The predicted molar refractivity (Wildman–Crippen MR) is 113 cm³/mol. The molecule has 1 saturated carbocycles. The number of aliphatic carboxylic acids is 1. The molecule has 1 atom stereocenters. The molecule has 0 radical (unpaired) electrons. The topological polar surface area (TPSA) is 109 Å². The largest absolute Gasteiger partial charge is 0.490 e. The minimum atomic E-state index is -5.08. The number of carboxylic acid groups (broad SMARTS) is 1. The van der Waals surface area contributed by atoms with Crippen molar-refractivity contribution in [1.29, 1.82) is 0 Å². The van der Waals surface area contributed by atoms with Gasteiger partial charge in [-0.05, 0) is 43.0 Å². The van der Waals surface area contributed by atoms with Gasteiger partial charge in [-0.25, -0.2) is 14.8 Å². The Morgan fingerprint density at radius 3 is 2.61 bits per heavy atom. The molecule has 0 spiro atoms. The van der Waals surface area contributed by atoms with Crippen LogP contribution in [0.5, 0.6) is 0 Å². The zero-order chi connectivity index (χ0) is 23.6. The van der Waals surface area contributed by atoms with Gasteiger partial charge in [0.05, 0.1) is 5.39 Å². The number of hydrogen-bond donors (Lipinski definition) is 3. The Balaban J connectivity index is 0.000000325. The molecule has 11 heteroatoms. The second-order valence-corrected chi connectivity index (χ2v) is 7.88. The van der Waals surface area contributed by atoms with Crippen molar-refractivity contribution in [3.8, 4) is 0 Å². The first-order valence-electron chi connectivity index (χ1n) is 10.5. The van der Waals surface area contributed by atoms with Gasteiger partial charge >= 0.3 is 12.1 Å². The van der Waals surface area contributed by atoms with Gasteiger partial charge in [-0.2, -0.15) is 13.2 Å². The lowest BCUT2D eigenvalue weighted by Crippen LogP contribution is -2.39. The van der Waals surface area contributed by atoms with E-state index >= 15 is 0 Å². The van der Waals surface area contributed by atoms with Crippen LogP contribution in [0.1, 0.15) is 46.5 Å². The fourth-order valence-corrected chi connectivity index (χ4v) is 3.85. The molecule has 1 aromatic carbocycles. The van der Waals surface area contributed by atoms with Crippen LogP contribution >= 0.6 is 0 Å². The van der Waals surface area contributed by atoms with Gasteiger partial charge in [-0.3, -0.25) is 4.79 Å². The lowest BCUT2D eigenvalue weighted by Gasteiger charge is -2.27. The number of nitrogens with zero attached hydrogens (tertiary/aromatic N) is 3. The third kappa shape index (κ3) is 5.14. The van der Waals surface area contributed by atoms with Crippen molar-refractivity contribution >= 4 is 22.9 Å². The highest BCUT2D eigenvalue weighted by Crippen LogP contribution is 2.37. The normalized spacial score (nSPS) is 17.6. The first-order chi connectivity index (χ1) is 15.8. The van der Waals surface area contributed by atoms with Crippen LogP contribution < -0.4 is 10.6 Å². The number of amides is 1. The van der Waals surface area contributed by atoms with Gasteiger partial charge in [0.1, 0.15) is 17.7 Å². The van der Waals surface area contributed by atoms with E-state index in [0.29, 0.717) is 18.3 Å². The van der Waals surface area contributed by atoms with E-state index in [1.165, 1.54) is 30.3 Å². The number of aromatic nitrogens is 3. The number of carbonyl (C=O) groups is 2. The maximum absolute atomic E-state index is 12.8. The minimum Gasteiger partial charge on any atom is -0.475 e. The van der Waals surface area contributed by atoms with Crippen molar-refractivity contribution < 1.29 is 27.9 Å². The average Bonchev–Trinajstić information content (AvgIpc) is 3.55. The zero-order valence-corrected chi connectivity index (χ0v) is 17.5. The summed E-state index contributed by atoms with van der Waals surface area (Å²) in [6, 6.07) is 11.0. The fourth-order valence-electron chi connectivity index (χ4n) is 3.85. The van der Waals surface area contributed by atoms with Gasteiger partial charge in [0.2, 0.25) is 0 Å². The number of alkyl halides is 3. The van der Waals surface area contributed by atoms with E-state index in [4.69, 9.17) is 9.90 Å². The number of carboxylic acids is 1. The summed E-state index contributed by atoms with van der Waals surface area (Å²) in [6.45, 7) is 1.48. The van der Waals surface area contributed by atoms with Gasteiger partial charge in [-0.1, -0.05) is 24.3 Å². The highest BCUT2D eigenvalue weighted by Gasteiger charge is 2.38. The summed E-state index contributed by atoms with van der Waals surface area (Å²) in [4.78, 5) is 30.3. The monoisotopic (exact) mass is 461 g/mol. The van der Waals surface area contributed by atoms with Crippen LogP contribution in [0.2, 0.25) is 0 Å². The predicted octanol–water partition coefficient (Wildman–Crippen LogP) is 3.02. The van der Waals surface area contributed by atoms with Crippen LogP contribution in [0.25, 0.3) is 11.0 Å². The average molecular weight is 461 g/mol.